The average molecular weight is 194 g/mol. The Kier molecular flexibility index (Phi) is 2.69. The van der Waals surface area contributed by atoms with Gasteiger partial charge in [-0.3, -0.25) is 4.79 Å². The number of nitriles is 1. The maximum Gasteiger partial charge on any atom is 0.160 e. The average Bonchev–Trinajstić information content (AvgIpc) is 2.41. The molecule has 0 amide bonds. The van der Waals surface area contributed by atoms with Crippen LogP contribution in [0.15, 0.2) is 0 Å². The Hall–Kier alpha value is -1.34. The van der Waals surface area contributed by atoms with Crippen molar-refractivity contribution in [3.8, 4) is 6.07 Å². The molecule has 4 heteroatoms. The largest absolute Gasteiger partial charge is 0.389 e. The third-order valence-corrected chi connectivity index (χ3v) is 2.76. The molecule has 0 bridgehead atoms. The standard InChI is InChI=1S/C9H10N2OS/c1-5(2)8-6(3-10)9(11)13-7(8)4-12/h4-5H,11H2,1-2H3. The fraction of sp³-hybridized carbons (Fsp3) is 0.333. The molecule has 1 aromatic rings. The second kappa shape index (κ2) is 3.58. The highest BCUT2D eigenvalue weighted by atomic mass is 32.1. The minimum Gasteiger partial charge on any atom is -0.389 e. The molecule has 0 saturated carbocycles. The lowest BCUT2D eigenvalue weighted by Crippen LogP contribution is -1.94. The van der Waals surface area contributed by atoms with E-state index in [0.29, 0.717) is 15.4 Å². The van der Waals surface area contributed by atoms with Gasteiger partial charge >= 0.3 is 0 Å². The SMILES string of the molecule is CC(C)c1c(C=O)sc(N)c1C#N. The molecule has 0 aliphatic rings. The van der Waals surface area contributed by atoms with Crippen LogP contribution in [0.25, 0.3) is 0 Å². The first-order chi connectivity index (χ1) is 6.11. The number of hydrogen-bond acceptors (Lipinski definition) is 4. The van der Waals surface area contributed by atoms with Crippen LogP contribution in [-0.2, 0) is 0 Å². The van der Waals surface area contributed by atoms with Crippen LogP contribution in [0, 0.1) is 11.3 Å². The van der Waals surface area contributed by atoms with Crippen molar-refractivity contribution in [2.24, 2.45) is 0 Å². The zero-order valence-electron chi connectivity index (χ0n) is 7.50. The molecule has 0 spiro atoms. The van der Waals surface area contributed by atoms with E-state index in [0.717, 1.165) is 11.8 Å². The van der Waals surface area contributed by atoms with Crippen LogP contribution in [0.2, 0.25) is 0 Å². The lowest BCUT2D eigenvalue weighted by Gasteiger charge is -2.02. The van der Waals surface area contributed by atoms with Crippen LogP contribution in [0.3, 0.4) is 0 Å². The fourth-order valence-corrected chi connectivity index (χ4v) is 2.25. The van der Waals surface area contributed by atoms with Gasteiger partial charge in [0.05, 0.1) is 10.4 Å². The summed E-state index contributed by atoms with van der Waals surface area (Å²) in [4.78, 5) is 11.2. The van der Waals surface area contributed by atoms with Gasteiger partial charge in [-0.1, -0.05) is 13.8 Å². The molecule has 1 rings (SSSR count). The van der Waals surface area contributed by atoms with E-state index < -0.39 is 0 Å². The summed E-state index contributed by atoms with van der Waals surface area (Å²) in [5.74, 6) is 0.156. The van der Waals surface area contributed by atoms with E-state index in [1.807, 2.05) is 19.9 Å². The highest BCUT2D eigenvalue weighted by Crippen LogP contribution is 2.34. The molecule has 3 nitrogen and oxygen atoms in total. The van der Waals surface area contributed by atoms with Crippen LogP contribution >= 0.6 is 11.3 Å². The lowest BCUT2D eigenvalue weighted by atomic mass is 10.00. The van der Waals surface area contributed by atoms with Crippen molar-refractivity contribution in [2.75, 3.05) is 5.73 Å². The number of aldehydes is 1. The van der Waals surface area contributed by atoms with Crippen molar-refractivity contribution in [3.63, 3.8) is 0 Å². The number of thiophene rings is 1. The number of carbonyl (C=O) groups is 1. The predicted molar refractivity (Wildman–Crippen MR) is 52.9 cm³/mol. The first-order valence-corrected chi connectivity index (χ1v) is 4.70. The Bertz CT molecular complexity index is 374. The molecule has 0 saturated heterocycles. The Balaban J connectivity index is 3.43. The van der Waals surface area contributed by atoms with E-state index in [-0.39, 0.29) is 5.92 Å². The van der Waals surface area contributed by atoms with E-state index in [1.165, 1.54) is 11.3 Å². The van der Waals surface area contributed by atoms with Crippen molar-refractivity contribution < 1.29 is 4.79 Å². The normalized spacial score (nSPS) is 10.0. The second-order valence-corrected chi connectivity index (χ2v) is 4.09. The highest BCUT2D eigenvalue weighted by molar-refractivity contribution is 7.17. The molecule has 0 aliphatic carbocycles. The molecule has 13 heavy (non-hydrogen) atoms. The van der Waals surface area contributed by atoms with Crippen LogP contribution < -0.4 is 5.73 Å². The van der Waals surface area contributed by atoms with E-state index in [9.17, 15) is 4.79 Å². The van der Waals surface area contributed by atoms with Gasteiger partial charge in [0.15, 0.2) is 6.29 Å². The summed E-state index contributed by atoms with van der Waals surface area (Å²) in [5, 5.41) is 9.26. The summed E-state index contributed by atoms with van der Waals surface area (Å²) < 4.78 is 0. The van der Waals surface area contributed by atoms with E-state index in [4.69, 9.17) is 11.0 Å². The maximum atomic E-state index is 10.7. The van der Waals surface area contributed by atoms with Crippen LogP contribution in [0.5, 0.6) is 0 Å². The molecule has 1 aromatic heterocycles. The van der Waals surface area contributed by atoms with Crippen molar-refractivity contribution in [3.05, 3.63) is 16.0 Å². The third kappa shape index (κ3) is 1.56. The van der Waals surface area contributed by atoms with Crippen molar-refractivity contribution >= 4 is 22.6 Å². The Morgan fingerprint density at radius 2 is 2.23 bits per heavy atom. The second-order valence-electron chi connectivity index (χ2n) is 3.00. The first kappa shape index (κ1) is 9.75. The number of nitrogen functional groups attached to an aromatic ring is 1. The molecule has 0 atom stereocenters. The van der Waals surface area contributed by atoms with Gasteiger partial charge in [0.2, 0.25) is 0 Å². The van der Waals surface area contributed by atoms with Crippen molar-refractivity contribution in [2.45, 2.75) is 19.8 Å². The first-order valence-electron chi connectivity index (χ1n) is 3.89. The van der Waals surface area contributed by atoms with Crippen LogP contribution in [0.4, 0.5) is 5.00 Å². The molecule has 0 radical (unpaired) electrons. The summed E-state index contributed by atoms with van der Waals surface area (Å²) in [6, 6.07) is 2.03. The molecular weight excluding hydrogens is 184 g/mol. The number of anilines is 1. The van der Waals surface area contributed by atoms with E-state index in [2.05, 4.69) is 0 Å². The summed E-state index contributed by atoms with van der Waals surface area (Å²) in [6.45, 7) is 3.88. The molecule has 1 heterocycles. The van der Waals surface area contributed by atoms with Crippen molar-refractivity contribution in [1.29, 1.82) is 5.26 Å². The number of carbonyl (C=O) groups excluding carboxylic acids is 1. The smallest absolute Gasteiger partial charge is 0.160 e. The minimum atomic E-state index is 0.156. The summed E-state index contributed by atoms with van der Waals surface area (Å²) >= 11 is 1.18. The van der Waals surface area contributed by atoms with E-state index >= 15 is 0 Å². The lowest BCUT2D eigenvalue weighted by molar-refractivity contribution is 0.112. The molecule has 68 valence electrons. The van der Waals surface area contributed by atoms with Gasteiger partial charge in [-0.15, -0.1) is 11.3 Å². The zero-order valence-corrected chi connectivity index (χ0v) is 8.31. The summed E-state index contributed by atoms with van der Waals surface area (Å²) in [6.07, 6.45) is 0.761. The highest BCUT2D eigenvalue weighted by Gasteiger charge is 2.17. The zero-order chi connectivity index (χ0) is 10.0. The molecular formula is C9H10N2OS. The minimum absolute atomic E-state index is 0.156. The van der Waals surface area contributed by atoms with Gasteiger partial charge in [-0.05, 0) is 11.5 Å². The molecule has 0 fully saturated rings. The van der Waals surface area contributed by atoms with Crippen LogP contribution in [0.1, 0.15) is 40.6 Å². The van der Waals surface area contributed by atoms with Crippen molar-refractivity contribution in [1.82, 2.24) is 0 Å². The fourth-order valence-electron chi connectivity index (χ4n) is 1.26. The number of hydrogen-bond donors (Lipinski definition) is 1. The van der Waals surface area contributed by atoms with Gasteiger partial charge < -0.3 is 5.73 Å². The monoisotopic (exact) mass is 194 g/mol. The van der Waals surface area contributed by atoms with E-state index in [1.54, 1.807) is 0 Å². The van der Waals surface area contributed by atoms with Gasteiger partial charge in [-0.2, -0.15) is 5.26 Å². The van der Waals surface area contributed by atoms with Gasteiger partial charge in [0.25, 0.3) is 0 Å². The molecule has 0 unspecified atom stereocenters. The number of nitrogens with zero attached hydrogens (tertiary/aromatic N) is 1. The van der Waals surface area contributed by atoms with Gasteiger partial charge in [0.1, 0.15) is 11.1 Å². The number of nitrogens with two attached hydrogens (primary N) is 1. The van der Waals surface area contributed by atoms with Gasteiger partial charge in [0, 0.05) is 0 Å². The molecule has 0 aliphatic heterocycles. The van der Waals surface area contributed by atoms with Crippen LogP contribution in [-0.4, -0.2) is 6.29 Å². The molecule has 0 aromatic carbocycles. The number of rotatable bonds is 2. The Morgan fingerprint density at radius 3 is 2.62 bits per heavy atom. The third-order valence-electron chi connectivity index (χ3n) is 1.80. The molecule has 2 N–H and O–H groups in total. The Morgan fingerprint density at radius 1 is 1.62 bits per heavy atom. The maximum absolute atomic E-state index is 10.7. The predicted octanol–water partition coefficient (Wildman–Crippen LogP) is 2.14. The summed E-state index contributed by atoms with van der Waals surface area (Å²) in [7, 11) is 0. The Labute approximate surface area is 80.8 Å². The van der Waals surface area contributed by atoms with Gasteiger partial charge in [-0.25, -0.2) is 0 Å². The topological polar surface area (TPSA) is 66.9 Å². The quantitative estimate of drug-likeness (QED) is 0.733. The summed E-state index contributed by atoms with van der Waals surface area (Å²) in [5.41, 5.74) is 6.84.